The summed E-state index contributed by atoms with van der Waals surface area (Å²) in [6.45, 7) is 7.18. The first-order chi connectivity index (χ1) is 9.31. The number of benzene rings is 1. The highest BCUT2D eigenvalue weighted by molar-refractivity contribution is 9.10. The molecule has 0 radical (unpaired) electrons. The Hall–Kier alpha value is -0.580. The Morgan fingerprint density at radius 3 is 2.37 bits per heavy atom. The van der Waals surface area contributed by atoms with Gasteiger partial charge in [0, 0.05) is 55.5 Å². The lowest BCUT2D eigenvalue weighted by molar-refractivity contribution is 0.130. The van der Waals surface area contributed by atoms with Crippen molar-refractivity contribution < 1.29 is 0 Å². The van der Waals surface area contributed by atoms with Crippen LogP contribution < -0.4 is 5.32 Å². The molecule has 1 saturated heterocycles. The van der Waals surface area contributed by atoms with Crippen molar-refractivity contribution in [2.45, 2.75) is 18.9 Å². The van der Waals surface area contributed by atoms with Gasteiger partial charge in [0.05, 0.1) is 0 Å². The first-order valence-electron chi connectivity index (χ1n) is 7.27. The van der Waals surface area contributed by atoms with Gasteiger partial charge >= 0.3 is 0 Å². The Labute approximate surface area is 124 Å². The van der Waals surface area contributed by atoms with Gasteiger partial charge in [-0.3, -0.25) is 9.80 Å². The monoisotopic (exact) mass is 323 g/mol. The zero-order valence-electron chi connectivity index (χ0n) is 11.3. The van der Waals surface area contributed by atoms with Gasteiger partial charge < -0.3 is 5.32 Å². The number of nitrogens with one attached hydrogen (secondary N) is 1. The van der Waals surface area contributed by atoms with Crippen LogP contribution in [0.2, 0.25) is 0 Å². The molecule has 2 fully saturated rings. The van der Waals surface area contributed by atoms with Crippen LogP contribution in [0, 0.1) is 0 Å². The average Bonchev–Trinajstić information content (AvgIpc) is 3.26. The predicted molar refractivity (Wildman–Crippen MR) is 83.7 cm³/mol. The quantitative estimate of drug-likeness (QED) is 0.898. The Morgan fingerprint density at radius 2 is 1.74 bits per heavy atom. The van der Waals surface area contributed by atoms with E-state index in [1.807, 2.05) is 0 Å². The molecule has 1 aromatic carbocycles. The molecule has 1 saturated carbocycles. The third-order valence-corrected chi connectivity index (χ3v) is 4.60. The van der Waals surface area contributed by atoms with Gasteiger partial charge in [0.2, 0.25) is 0 Å². The van der Waals surface area contributed by atoms with Crippen molar-refractivity contribution in [2.75, 3.05) is 44.6 Å². The lowest BCUT2D eigenvalue weighted by Gasteiger charge is -2.34. The van der Waals surface area contributed by atoms with Crippen molar-refractivity contribution in [1.29, 1.82) is 0 Å². The van der Waals surface area contributed by atoms with Crippen LogP contribution in [0.4, 0.5) is 5.69 Å². The average molecular weight is 324 g/mol. The molecule has 4 heteroatoms. The Balaban J connectivity index is 1.35. The van der Waals surface area contributed by atoms with Gasteiger partial charge in [-0.05, 0) is 37.1 Å². The Bertz CT molecular complexity index is 394. The van der Waals surface area contributed by atoms with Gasteiger partial charge in [0.15, 0.2) is 0 Å². The van der Waals surface area contributed by atoms with Crippen molar-refractivity contribution in [2.24, 2.45) is 0 Å². The van der Waals surface area contributed by atoms with Crippen molar-refractivity contribution in [3.63, 3.8) is 0 Å². The molecule has 1 N–H and O–H groups in total. The van der Waals surface area contributed by atoms with Gasteiger partial charge in [-0.25, -0.2) is 0 Å². The van der Waals surface area contributed by atoms with E-state index in [4.69, 9.17) is 0 Å². The molecule has 3 rings (SSSR count). The molecule has 0 atom stereocenters. The molecule has 1 aliphatic heterocycles. The van der Waals surface area contributed by atoms with Crippen LogP contribution >= 0.6 is 15.9 Å². The molecule has 0 aromatic heterocycles. The Morgan fingerprint density at radius 1 is 1.05 bits per heavy atom. The van der Waals surface area contributed by atoms with Crippen LogP contribution in [0.3, 0.4) is 0 Å². The van der Waals surface area contributed by atoms with E-state index < -0.39 is 0 Å². The number of hydrogen-bond donors (Lipinski definition) is 1. The van der Waals surface area contributed by atoms with Crippen LogP contribution in [0.25, 0.3) is 0 Å². The third kappa shape index (κ3) is 3.94. The zero-order chi connectivity index (χ0) is 13.1. The van der Waals surface area contributed by atoms with Gasteiger partial charge in [0.1, 0.15) is 0 Å². The smallest absolute Gasteiger partial charge is 0.0341 e. The van der Waals surface area contributed by atoms with E-state index in [2.05, 4.69) is 55.3 Å². The molecule has 0 unspecified atom stereocenters. The lowest BCUT2D eigenvalue weighted by Crippen LogP contribution is -2.48. The summed E-state index contributed by atoms with van der Waals surface area (Å²) in [5.74, 6) is 0. The summed E-state index contributed by atoms with van der Waals surface area (Å²) in [4.78, 5) is 5.24. The maximum absolute atomic E-state index is 3.49. The highest BCUT2D eigenvalue weighted by Gasteiger charge is 2.30. The SMILES string of the molecule is Brc1ccc(NCCN2CCN(C3CC3)CC2)cc1. The van der Waals surface area contributed by atoms with Gasteiger partial charge in [-0.2, -0.15) is 0 Å². The molecule has 1 aliphatic carbocycles. The van der Waals surface area contributed by atoms with E-state index in [-0.39, 0.29) is 0 Å². The number of halogens is 1. The lowest BCUT2D eigenvalue weighted by atomic mass is 10.3. The fourth-order valence-electron chi connectivity index (χ4n) is 2.72. The van der Waals surface area contributed by atoms with Crippen molar-refractivity contribution in [1.82, 2.24) is 9.80 Å². The molecule has 3 nitrogen and oxygen atoms in total. The van der Waals surface area contributed by atoms with Crippen LogP contribution in [-0.4, -0.2) is 55.1 Å². The standard InChI is InChI=1S/C15H22BrN3/c16-13-1-3-14(4-2-13)17-7-8-18-9-11-19(12-10-18)15-5-6-15/h1-4,15,17H,5-12H2. The highest BCUT2D eigenvalue weighted by atomic mass is 79.9. The fraction of sp³-hybridized carbons (Fsp3) is 0.600. The first-order valence-corrected chi connectivity index (χ1v) is 8.06. The second-order valence-corrected chi connectivity index (χ2v) is 6.46. The summed E-state index contributed by atoms with van der Waals surface area (Å²) in [6, 6.07) is 9.33. The minimum atomic E-state index is 0.933. The molecule has 0 amide bonds. The minimum Gasteiger partial charge on any atom is -0.384 e. The molecule has 19 heavy (non-hydrogen) atoms. The summed E-state index contributed by atoms with van der Waals surface area (Å²) in [5.41, 5.74) is 1.21. The van der Waals surface area contributed by atoms with Crippen LogP contribution in [0.5, 0.6) is 0 Å². The second-order valence-electron chi connectivity index (χ2n) is 5.54. The summed E-state index contributed by atoms with van der Waals surface area (Å²) in [5, 5.41) is 3.49. The molecule has 1 heterocycles. The van der Waals surface area contributed by atoms with E-state index in [9.17, 15) is 0 Å². The van der Waals surface area contributed by atoms with Gasteiger partial charge in [-0.1, -0.05) is 15.9 Å². The van der Waals surface area contributed by atoms with Gasteiger partial charge in [-0.15, -0.1) is 0 Å². The molecule has 104 valence electrons. The Kier molecular flexibility index (Phi) is 4.41. The minimum absolute atomic E-state index is 0.933. The van der Waals surface area contributed by atoms with Crippen LogP contribution in [0.15, 0.2) is 28.7 Å². The third-order valence-electron chi connectivity index (χ3n) is 4.07. The van der Waals surface area contributed by atoms with Crippen LogP contribution in [0.1, 0.15) is 12.8 Å². The van der Waals surface area contributed by atoms with Gasteiger partial charge in [0.25, 0.3) is 0 Å². The maximum Gasteiger partial charge on any atom is 0.0341 e. The molecule has 1 aromatic rings. The number of piperazine rings is 1. The van der Waals surface area contributed by atoms with Crippen LogP contribution in [-0.2, 0) is 0 Å². The molecule has 2 aliphatic rings. The number of hydrogen-bond acceptors (Lipinski definition) is 3. The topological polar surface area (TPSA) is 18.5 Å². The van der Waals surface area contributed by atoms with Crippen molar-refractivity contribution >= 4 is 21.6 Å². The van der Waals surface area contributed by atoms with E-state index in [1.54, 1.807) is 0 Å². The highest BCUT2D eigenvalue weighted by Crippen LogP contribution is 2.27. The fourth-order valence-corrected chi connectivity index (χ4v) is 2.98. The van der Waals surface area contributed by atoms with Crippen molar-refractivity contribution in [3.8, 4) is 0 Å². The summed E-state index contributed by atoms with van der Waals surface area (Å²) in [7, 11) is 0. The number of anilines is 1. The molecular weight excluding hydrogens is 302 g/mol. The number of nitrogens with zero attached hydrogens (tertiary/aromatic N) is 2. The molecule has 0 spiro atoms. The zero-order valence-corrected chi connectivity index (χ0v) is 12.9. The van der Waals surface area contributed by atoms with E-state index in [1.165, 1.54) is 44.7 Å². The largest absolute Gasteiger partial charge is 0.384 e. The maximum atomic E-state index is 3.49. The van der Waals surface area contributed by atoms with Crippen molar-refractivity contribution in [3.05, 3.63) is 28.7 Å². The van der Waals surface area contributed by atoms with E-state index in [0.29, 0.717) is 0 Å². The number of rotatable bonds is 5. The first kappa shape index (κ1) is 13.4. The van der Waals surface area contributed by atoms with E-state index in [0.717, 1.165) is 23.6 Å². The molecule has 0 bridgehead atoms. The summed E-state index contributed by atoms with van der Waals surface area (Å²) >= 11 is 3.46. The summed E-state index contributed by atoms with van der Waals surface area (Å²) in [6.07, 6.45) is 2.87. The second kappa shape index (κ2) is 6.25. The predicted octanol–water partition coefficient (Wildman–Crippen LogP) is 2.64. The summed E-state index contributed by atoms with van der Waals surface area (Å²) < 4.78 is 1.13. The normalized spacial score (nSPS) is 21.5. The van der Waals surface area contributed by atoms with E-state index >= 15 is 0 Å². The molecular formula is C15H22BrN3.